The molecule has 4 heterocycles. The maximum absolute atomic E-state index is 12.9. The Morgan fingerprint density at radius 1 is 0.512 bits per heavy atom. The van der Waals surface area contributed by atoms with Gasteiger partial charge in [0.2, 0.25) is 0 Å². The van der Waals surface area contributed by atoms with E-state index in [2.05, 4.69) is 81.7 Å². The lowest BCUT2D eigenvalue weighted by atomic mass is 9.96. The summed E-state index contributed by atoms with van der Waals surface area (Å²) in [5.41, 5.74) is -0.707. The van der Waals surface area contributed by atoms with E-state index in [1.165, 1.54) is 0 Å². The van der Waals surface area contributed by atoms with Crippen molar-refractivity contribution in [1.82, 2.24) is 0 Å². The minimum atomic E-state index is -4.20. The van der Waals surface area contributed by atoms with Gasteiger partial charge < -0.3 is 4.89 Å². The summed E-state index contributed by atoms with van der Waals surface area (Å²) in [5, 5.41) is 0. The molecule has 0 bridgehead atoms. The van der Waals surface area contributed by atoms with Gasteiger partial charge in [0.25, 0.3) is 0 Å². The highest BCUT2D eigenvalue weighted by molar-refractivity contribution is 7.47. The van der Waals surface area contributed by atoms with Crippen LogP contribution in [0.1, 0.15) is 65.2 Å². The zero-order valence-electron chi connectivity index (χ0n) is 25.5. The molecule has 0 spiro atoms. The van der Waals surface area contributed by atoms with E-state index in [9.17, 15) is 9.46 Å². The zero-order chi connectivity index (χ0) is 30.4. The van der Waals surface area contributed by atoms with Crippen molar-refractivity contribution in [3.05, 3.63) is 122 Å². The Kier molecular flexibility index (Phi) is 12.1. The molecule has 0 atom stereocenters. The lowest BCUT2D eigenvalue weighted by Crippen LogP contribution is -2.73. The van der Waals surface area contributed by atoms with Crippen LogP contribution in [0, 0.1) is 0 Å². The van der Waals surface area contributed by atoms with Gasteiger partial charge >= 0.3 is 19.1 Å². The predicted molar refractivity (Wildman–Crippen MR) is 163 cm³/mol. The van der Waals surface area contributed by atoms with E-state index in [1.54, 1.807) is 0 Å². The summed E-state index contributed by atoms with van der Waals surface area (Å²) >= 11 is 0. The molecule has 1 N–H and O–H groups in total. The molecule has 0 amide bonds. The van der Waals surface area contributed by atoms with E-state index in [4.69, 9.17) is 9.05 Å². The summed E-state index contributed by atoms with van der Waals surface area (Å²) in [7, 11) is -4.20. The van der Waals surface area contributed by atoms with Crippen LogP contribution in [0.3, 0.4) is 0 Å². The molecule has 4 rings (SSSR count). The fraction of sp³-hybridized carbons (Fsp3) is 0.412. The number of phosphoric ester groups is 1. The van der Waals surface area contributed by atoms with Gasteiger partial charge in [-0.25, -0.2) is 4.57 Å². The Hall–Kier alpha value is -3.29. The fourth-order valence-electron chi connectivity index (χ4n) is 6.16. The molecular formula is C34H47N4O4P+4. The second-order valence-corrected chi connectivity index (χ2v) is 12.4. The molecule has 0 radical (unpaired) electrons. The van der Waals surface area contributed by atoms with Gasteiger partial charge in [0.1, 0.15) is 0 Å². The molecule has 0 unspecified atom stereocenters. The zero-order valence-corrected chi connectivity index (χ0v) is 26.4. The van der Waals surface area contributed by atoms with E-state index < -0.39 is 7.82 Å². The van der Waals surface area contributed by atoms with Crippen molar-refractivity contribution in [2.24, 2.45) is 0 Å². The molecule has 0 aliphatic heterocycles. The van der Waals surface area contributed by atoms with Crippen LogP contribution in [0.2, 0.25) is 0 Å². The first-order chi connectivity index (χ1) is 21.0. The Morgan fingerprint density at radius 2 is 0.791 bits per heavy atom. The molecule has 0 aromatic carbocycles. The highest BCUT2D eigenvalue weighted by Crippen LogP contribution is 2.43. The normalized spacial score (nSPS) is 12.3. The Labute approximate surface area is 256 Å². The number of hydrogen-bond acceptors (Lipinski definition) is 3. The summed E-state index contributed by atoms with van der Waals surface area (Å²) in [6.45, 7) is 4.60. The maximum atomic E-state index is 12.9. The first-order valence-electron chi connectivity index (χ1n) is 15.4. The van der Waals surface area contributed by atoms with Gasteiger partial charge in [0, 0.05) is 48.5 Å². The first-order valence-corrected chi connectivity index (χ1v) is 16.9. The summed E-state index contributed by atoms with van der Waals surface area (Å²) in [6, 6.07) is 24.3. The van der Waals surface area contributed by atoms with Gasteiger partial charge in [0.15, 0.2) is 49.6 Å². The average Bonchev–Trinajstić information content (AvgIpc) is 3.05. The van der Waals surface area contributed by atoms with Crippen molar-refractivity contribution >= 4 is 7.82 Å². The predicted octanol–water partition coefficient (Wildman–Crippen LogP) is 5.23. The maximum Gasteiger partial charge on any atom is 0.472 e. The van der Waals surface area contributed by atoms with Crippen LogP contribution in [0.25, 0.3) is 0 Å². The Morgan fingerprint density at radius 3 is 1.05 bits per heavy atom. The number of aromatic nitrogens is 4. The van der Waals surface area contributed by atoms with Crippen LogP contribution in [0.5, 0.6) is 0 Å². The van der Waals surface area contributed by atoms with Crippen LogP contribution in [-0.4, -0.2) is 18.1 Å². The lowest BCUT2D eigenvalue weighted by Gasteiger charge is -2.24. The van der Waals surface area contributed by atoms with Crippen LogP contribution >= 0.6 is 7.82 Å². The van der Waals surface area contributed by atoms with Crippen molar-refractivity contribution in [2.45, 2.75) is 76.5 Å². The largest absolute Gasteiger partial charge is 0.472 e. The average molecular weight is 607 g/mol. The van der Waals surface area contributed by atoms with E-state index in [0.29, 0.717) is 12.8 Å². The van der Waals surface area contributed by atoms with Crippen molar-refractivity contribution in [1.29, 1.82) is 0 Å². The highest BCUT2D eigenvalue weighted by atomic mass is 31.2. The number of nitrogens with zero attached hydrogens (tertiary/aromatic N) is 4. The molecule has 0 aliphatic rings. The van der Waals surface area contributed by atoms with Crippen molar-refractivity contribution < 1.29 is 36.8 Å². The minimum absolute atomic E-state index is 0.125. The topological polar surface area (TPSA) is 71.3 Å². The summed E-state index contributed by atoms with van der Waals surface area (Å²) in [4.78, 5) is 10.5. The third kappa shape index (κ3) is 8.42. The SMILES string of the molecule is CCCC(CCCOP(=O)(O)OCCCC(CCC)([n+]1ccccc1)[n+]1ccccc1)([n+]1ccccc1)[n+]1ccccc1. The number of pyridine rings is 4. The minimum Gasteiger partial charge on any atom is -0.302 e. The van der Waals surface area contributed by atoms with Crippen molar-refractivity contribution in [2.75, 3.05) is 13.2 Å². The van der Waals surface area contributed by atoms with Crippen LogP contribution in [0.15, 0.2) is 122 Å². The molecular weight excluding hydrogens is 559 g/mol. The molecule has 228 valence electrons. The summed E-state index contributed by atoms with van der Waals surface area (Å²) in [5.74, 6) is 0. The van der Waals surface area contributed by atoms with E-state index in [-0.39, 0.29) is 24.5 Å². The van der Waals surface area contributed by atoms with Gasteiger partial charge in [-0.2, -0.15) is 0 Å². The van der Waals surface area contributed by atoms with Crippen LogP contribution in [-0.2, 0) is 24.9 Å². The molecule has 0 saturated heterocycles. The molecule has 43 heavy (non-hydrogen) atoms. The fourth-order valence-corrected chi connectivity index (χ4v) is 6.96. The third-order valence-corrected chi connectivity index (χ3v) is 9.06. The van der Waals surface area contributed by atoms with Crippen LogP contribution in [0.4, 0.5) is 0 Å². The number of phosphoric acid groups is 1. The van der Waals surface area contributed by atoms with E-state index in [0.717, 1.165) is 38.5 Å². The second kappa shape index (κ2) is 16.0. The molecule has 0 aliphatic carbocycles. The van der Waals surface area contributed by atoms with Gasteiger partial charge in [-0.1, -0.05) is 38.1 Å². The summed E-state index contributed by atoms with van der Waals surface area (Å²) in [6.07, 6.45) is 23.0. The van der Waals surface area contributed by atoms with Gasteiger partial charge in [-0.3, -0.25) is 9.05 Å². The highest BCUT2D eigenvalue weighted by Gasteiger charge is 2.49. The smallest absolute Gasteiger partial charge is 0.302 e. The number of rotatable bonds is 18. The molecule has 0 saturated carbocycles. The standard InChI is InChI=1S/C34H46N4O4P/c1-3-19-33(35-23-9-5-10-24-35,36-25-11-6-12-26-36)21-17-31-41-43(39,40)42-32-18-22-34(20-4-2,37-27-13-7-14-28-37)38-29-15-8-16-30-38/h5-16,23-30H,3-4,17-22,31-32H2,1-2H3/q+3/p+1. The van der Waals surface area contributed by atoms with E-state index >= 15 is 0 Å². The van der Waals surface area contributed by atoms with Gasteiger partial charge in [-0.05, 0) is 25.7 Å². The molecule has 4 aromatic rings. The quantitative estimate of drug-likeness (QED) is 0.0957. The van der Waals surface area contributed by atoms with Gasteiger partial charge in [0.05, 0.1) is 38.9 Å². The lowest BCUT2D eigenvalue weighted by molar-refractivity contribution is -0.997. The van der Waals surface area contributed by atoms with Crippen molar-refractivity contribution in [3.63, 3.8) is 0 Å². The Balaban J connectivity index is 1.37. The molecule has 8 nitrogen and oxygen atoms in total. The van der Waals surface area contributed by atoms with E-state index in [1.807, 2.05) is 72.8 Å². The Bertz CT molecular complexity index is 1210. The summed E-state index contributed by atoms with van der Waals surface area (Å²) < 4.78 is 32.8. The molecule has 4 aromatic heterocycles. The number of hydrogen-bond donors (Lipinski definition) is 1. The molecule has 0 fully saturated rings. The first kappa shape index (κ1) is 32.6. The van der Waals surface area contributed by atoms with Gasteiger partial charge in [-0.15, -0.1) is 18.3 Å². The monoisotopic (exact) mass is 606 g/mol. The van der Waals surface area contributed by atoms with Crippen molar-refractivity contribution in [3.8, 4) is 0 Å². The second-order valence-electron chi connectivity index (χ2n) is 10.9. The molecule has 9 heteroatoms. The third-order valence-electron chi connectivity index (χ3n) is 8.04. The van der Waals surface area contributed by atoms with Crippen LogP contribution < -0.4 is 18.3 Å².